The first-order valence-electron chi connectivity index (χ1n) is 6.54. The first-order valence-corrected chi connectivity index (χ1v) is 6.54. The topological polar surface area (TPSA) is 53.1 Å². The fourth-order valence-electron chi connectivity index (χ4n) is 2.02. The summed E-state index contributed by atoms with van der Waals surface area (Å²) >= 11 is 0. The van der Waals surface area contributed by atoms with Crippen molar-refractivity contribution in [3.8, 4) is 5.75 Å². The number of ether oxygens (including phenoxy) is 1. The molecule has 1 aromatic heterocycles. The van der Waals surface area contributed by atoms with Gasteiger partial charge >= 0.3 is 0 Å². The summed E-state index contributed by atoms with van der Waals surface area (Å²) in [7, 11) is 0. The number of aryl methyl sites for hydroxylation is 1. The zero-order valence-corrected chi connectivity index (χ0v) is 11.8. The highest BCUT2D eigenvalue weighted by Crippen LogP contribution is 2.14. The number of hydrogen-bond acceptors (Lipinski definition) is 3. The van der Waals surface area contributed by atoms with Gasteiger partial charge in [-0.05, 0) is 44.0 Å². The second kappa shape index (κ2) is 5.89. The summed E-state index contributed by atoms with van der Waals surface area (Å²) < 4.78 is 7.74. The van der Waals surface area contributed by atoms with Crippen molar-refractivity contribution in [3.05, 3.63) is 46.8 Å². The summed E-state index contributed by atoms with van der Waals surface area (Å²) in [5.74, 6) is 0.862. The van der Waals surface area contributed by atoms with Crippen molar-refractivity contribution in [1.82, 2.24) is 9.78 Å². The van der Waals surface area contributed by atoms with Gasteiger partial charge < -0.3 is 10.5 Å². The van der Waals surface area contributed by atoms with Crippen LogP contribution in [-0.4, -0.2) is 16.4 Å². The quantitative estimate of drug-likeness (QED) is 0.896. The van der Waals surface area contributed by atoms with Crippen molar-refractivity contribution in [2.24, 2.45) is 5.73 Å². The lowest BCUT2D eigenvalue weighted by atomic mass is 10.2. The zero-order chi connectivity index (χ0) is 13.8. The maximum absolute atomic E-state index is 5.74. The highest BCUT2D eigenvalue weighted by molar-refractivity contribution is 5.28. The standard InChI is InChI=1S/C15H21N3O/c1-11-12(2)17-18(13(11)3)7-8-19-15-6-4-5-14(9-15)10-16/h4-6,9H,7-8,10,16H2,1-3H3. The van der Waals surface area contributed by atoms with Crippen LogP contribution < -0.4 is 10.5 Å². The first-order chi connectivity index (χ1) is 9.11. The first kappa shape index (κ1) is 13.6. The van der Waals surface area contributed by atoms with Crippen molar-refractivity contribution >= 4 is 0 Å². The molecule has 2 N–H and O–H groups in total. The van der Waals surface area contributed by atoms with E-state index in [1.165, 1.54) is 11.3 Å². The summed E-state index contributed by atoms with van der Waals surface area (Å²) in [6, 6.07) is 7.89. The molecule has 0 spiro atoms. The summed E-state index contributed by atoms with van der Waals surface area (Å²) in [4.78, 5) is 0. The average molecular weight is 259 g/mol. The fourth-order valence-corrected chi connectivity index (χ4v) is 2.02. The minimum atomic E-state index is 0.536. The molecule has 0 aliphatic rings. The molecule has 1 heterocycles. The molecule has 2 aromatic rings. The van der Waals surface area contributed by atoms with E-state index < -0.39 is 0 Å². The maximum Gasteiger partial charge on any atom is 0.119 e. The van der Waals surface area contributed by atoms with E-state index in [4.69, 9.17) is 10.5 Å². The molecule has 0 atom stereocenters. The van der Waals surface area contributed by atoms with Gasteiger partial charge in [0, 0.05) is 12.2 Å². The predicted molar refractivity (Wildman–Crippen MR) is 76.3 cm³/mol. The molecule has 0 bridgehead atoms. The Morgan fingerprint density at radius 1 is 1.26 bits per heavy atom. The van der Waals surface area contributed by atoms with Gasteiger partial charge in [-0.2, -0.15) is 5.10 Å². The van der Waals surface area contributed by atoms with E-state index in [9.17, 15) is 0 Å². The Bertz CT molecular complexity index is 561. The van der Waals surface area contributed by atoms with Crippen LogP contribution in [0.2, 0.25) is 0 Å². The molecule has 102 valence electrons. The van der Waals surface area contributed by atoms with E-state index >= 15 is 0 Å². The molecule has 0 unspecified atom stereocenters. The Hall–Kier alpha value is -1.81. The molecular formula is C15H21N3O. The lowest BCUT2D eigenvalue weighted by Gasteiger charge is -2.08. The van der Waals surface area contributed by atoms with Gasteiger partial charge in [-0.3, -0.25) is 4.68 Å². The van der Waals surface area contributed by atoms with E-state index in [0.717, 1.165) is 23.6 Å². The van der Waals surface area contributed by atoms with Gasteiger partial charge in [0.25, 0.3) is 0 Å². The van der Waals surface area contributed by atoms with Crippen molar-refractivity contribution < 1.29 is 4.74 Å². The normalized spacial score (nSPS) is 10.7. The third-order valence-electron chi connectivity index (χ3n) is 3.45. The molecule has 0 saturated heterocycles. The van der Waals surface area contributed by atoms with E-state index in [1.54, 1.807) is 0 Å². The Morgan fingerprint density at radius 3 is 2.68 bits per heavy atom. The number of aromatic nitrogens is 2. The number of hydrogen-bond donors (Lipinski definition) is 1. The molecule has 0 aliphatic carbocycles. The Morgan fingerprint density at radius 2 is 2.05 bits per heavy atom. The monoisotopic (exact) mass is 259 g/mol. The number of nitrogens with zero attached hydrogens (tertiary/aromatic N) is 2. The summed E-state index contributed by atoms with van der Waals surface area (Å²) in [5.41, 5.74) is 10.2. The number of nitrogens with two attached hydrogens (primary N) is 1. The zero-order valence-electron chi connectivity index (χ0n) is 11.8. The summed E-state index contributed by atoms with van der Waals surface area (Å²) in [5, 5.41) is 4.49. The Labute approximate surface area is 114 Å². The smallest absolute Gasteiger partial charge is 0.119 e. The minimum Gasteiger partial charge on any atom is -0.492 e. The van der Waals surface area contributed by atoms with Crippen LogP contribution in [0.5, 0.6) is 5.75 Å². The van der Waals surface area contributed by atoms with Crippen LogP contribution in [0.3, 0.4) is 0 Å². The maximum atomic E-state index is 5.74. The second-order valence-electron chi connectivity index (χ2n) is 4.72. The Kier molecular flexibility index (Phi) is 4.22. The Balaban J connectivity index is 1.94. The highest BCUT2D eigenvalue weighted by Gasteiger charge is 2.06. The van der Waals surface area contributed by atoms with Crippen LogP contribution in [0.4, 0.5) is 0 Å². The van der Waals surface area contributed by atoms with Crippen LogP contribution in [0.15, 0.2) is 24.3 Å². The van der Waals surface area contributed by atoms with Crippen molar-refractivity contribution in [1.29, 1.82) is 0 Å². The number of benzene rings is 1. The van der Waals surface area contributed by atoms with Gasteiger partial charge in [-0.1, -0.05) is 12.1 Å². The third-order valence-corrected chi connectivity index (χ3v) is 3.45. The molecule has 2 rings (SSSR count). The van der Waals surface area contributed by atoms with E-state index in [2.05, 4.69) is 18.9 Å². The molecule has 0 saturated carbocycles. The second-order valence-corrected chi connectivity index (χ2v) is 4.72. The van der Waals surface area contributed by atoms with E-state index in [0.29, 0.717) is 13.2 Å². The predicted octanol–water partition coefficient (Wildman–Crippen LogP) is 2.35. The molecule has 1 aromatic carbocycles. The molecule has 0 aliphatic heterocycles. The van der Waals surface area contributed by atoms with Gasteiger partial charge in [0.1, 0.15) is 12.4 Å². The number of rotatable bonds is 5. The molecule has 19 heavy (non-hydrogen) atoms. The molecule has 4 nitrogen and oxygen atoms in total. The van der Waals surface area contributed by atoms with Crippen molar-refractivity contribution in [2.45, 2.75) is 33.9 Å². The molecule has 0 radical (unpaired) electrons. The van der Waals surface area contributed by atoms with Gasteiger partial charge in [0.2, 0.25) is 0 Å². The summed E-state index contributed by atoms with van der Waals surface area (Å²) in [6.07, 6.45) is 0. The van der Waals surface area contributed by atoms with E-state index in [1.807, 2.05) is 35.9 Å². The molecule has 4 heteroatoms. The molecular weight excluding hydrogens is 238 g/mol. The van der Waals surface area contributed by atoms with Crippen molar-refractivity contribution in [3.63, 3.8) is 0 Å². The van der Waals surface area contributed by atoms with Crippen LogP contribution in [0.25, 0.3) is 0 Å². The third kappa shape index (κ3) is 3.15. The van der Waals surface area contributed by atoms with Gasteiger partial charge in [-0.25, -0.2) is 0 Å². The van der Waals surface area contributed by atoms with Gasteiger partial charge in [0.05, 0.1) is 12.2 Å². The van der Waals surface area contributed by atoms with E-state index in [-0.39, 0.29) is 0 Å². The van der Waals surface area contributed by atoms with Crippen LogP contribution >= 0.6 is 0 Å². The lowest BCUT2D eigenvalue weighted by molar-refractivity contribution is 0.289. The minimum absolute atomic E-state index is 0.536. The molecule has 0 fully saturated rings. The van der Waals surface area contributed by atoms with Crippen LogP contribution in [-0.2, 0) is 13.1 Å². The lowest BCUT2D eigenvalue weighted by Crippen LogP contribution is -2.11. The highest BCUT2D eigenvalue weighted by atomic mass is 16.5. The fraction of sp³-hybridized carbons (Fsp3) is 0.400. The van der Waals surface area contributed by atoms with Crippen LogP contribution in [0.1, 0.15) is 22.5 Å². The summed E-state index contributed by atoms with van der Waals surface area (Å²) in [6.45, 7) is 8.12. The van der Waals surface area contributed by atoms with Crippen molar-refractivity contribution in [2.75, 3.05) is 6.61 Å². The van der Waals surface area contributed by atoms with Gasteiger partial charge in [0.15, 0.2) is 0 Å². The largest absolute Gasteiger partial charge is 0.492 e. The SMILES string of the molecule is Cc1nn(CCOc2cccc(CN)c2)c(C)c1C. The average Bonchev–Trinajstić information content (AvgIpc) is 2.67. The van der Waals surface area contributed by atoms with Crippen LogP contribution in [0, 0.1) is 20.8 Å². The van der Waals surface area contributed by atoms with Gasteiger partial charge in [-0.15, -0.1) is 0 Å². The molecule has 0 amide bonds.